The molecule has 1 heterocycles. The van der Waals surface area contributed by atoms with Crippen molar-refractivity contribution in [1.29, 1.82) is 0 Å². The topological polar surface area (TPSA) is 44.5 Å². The largest absolute Gasteiger partial charge is 0.379 e. The normalized spacial score (nSPS) is 24.4. The highest BCUT2D eigenvalue weighted by Gasteiger charge is 2.22. The molecule has 1 saturated heterocycles. The van der Waals surface area contributed by atoms with Gasteiger partial charge in [-0.3, -0.25) is 0 Å². The molecule has 2 N–H and O–H groups in total. The van der Waals surface area contributed by atoms with Gasteiger partial charge in [0.15, 0.2) is 0 Å². The van der Waals surface area contributed by atoms with Gasteiger partial charge in [0, 0.05) is 19.8 Å². The van der Waals surface area contributed by atoms with Crippen molar-refractivity contribution in [3.8, 4) is 0 Å². The summed E-state index contributed by atoms with van der Waals surface area (Å²) in [4.78, 5) is 0. The fourth-order valence-electron chi connectivity index (χ4n) is 2.09. The fraction of sp³-hybridized carbons (Fsp3) is 1.00. The molecule has 15 heavy (non-hydrogen) atoms. The van der Waals surface area contributed by atoms with E-state index in [4.69, 9.17) is 15.2 Å². The molecule has 1 aliphatic rings. The van der Waals surface area contributed by atoms with Gasteiger partial charge in [0.05, 0.1) is 11.7 Å². The number of ether oxygens (including phenoxy) is 2. The standard InChI is InChI=1S/C12H25NO2/c1-12(2,14-3)9-10(13)6-7-11-5-4-8-15-11/h10-11H,4-9,13H2,1-3H3. The van der Waals surface area contributed by atoms with E-state index in [1.54, 1.807) is 7.11 Å². The zero-order chi connectivity index (χ0) is 11.3. The van der Waals surface area contributed by atoms with Gasteiger partial charge in [-0.05, 0) is 46.0 Å². The highest BCUT2D eigenvalue weighted by Crippen LogP contribution is 2.21. The van der Waals surface area contributed by atoms with Crippen LogP contribution in [0, 0.1) is 0 Å². The van der Waals surface area contributed by atoms with Crippen LogP contribution in [0.15, 0.2) is 0 Å². The van der Waals surface area contributed by atoms with Gasteiger partial charge in [-0.25, -0.2) is 0 Å². The summed E-state index contributed by atoms with van der Waals surface area (Å²) in [5, 5.41) is 0. The number of nitrogens with two attached hydrogens (primary N) is 1. The van der Waals surface area contributed by atoms with Crippen molar-refractivity contribution in [3.05, 3.63) is 0 Å². The molecule has 3 nitrogen and oxygen atoms in total. The smallest absolute Gasteiger partial charge is 0.0637 e. The first kappa shape index (κ1) is 12.9. The van der Waals surface area contributed by atoms with E-state index in [1.807, 2.05) is 0 Å². The van der Waals surface area contributed by atoms with E-state index in [9.17, 15) is 0 Å². The maximum absolute atomic E-state index is 6.08. The van der Waals surface area contributed by atoms with E-state index in [2.05, 4.69) is 13.8 Å². The molecule has 90 valence electrons. The van der Waals surface area contributed by atoms with Crippen LogP contribution in [0.1, 0.15) is 46.0 Å². The Bertz CT molecular complexity index is 176. The Kier molecular flexibility index (Phi) is 5.03. The first-order valence-corrected chi connectivity index (χ1v) is 5.96. The van der Waals surface area contributed by atoms with Crippen LogP contribution < -0.4 is 5.73 Å². The molecule has 3 heteroatoms. The van der Waals surface area contributed by atoms with Gasteiger partial charge in [0.25, 0.3) is 0 Å². The lowest BCUT2D eigenvalue weighted by Gasteiger charge is -2.26. The van der Waals surface area contributed by atoms with Crippen LogP contribution in [-0.2, 0) is 9.47 Å². The van der Waals surface area contributed by atoms with Gasteiger partial charge in [0.1, 0.15) is 0 Å². The Morgan fingerprint density at radius 1 is 1.53 bits per heavy atom. The molecule has 2 unspecified atom stereocenters. The summed E-state index contributed by atoms with van der Waals surface area (Å²) in [6.07, 6.45) is 5.93. The zero-order valence-electron chi connectivity index (χ0n) is 10.3. The van der Waals surface area contributed by atoms with Crippen LogP contribution in [0.5, 0.6) is 0 Å². The highest BCUT2D eigenvalue weighted by molar-refractivity contribution is 4.77. The van der Waals surface area contributed by atoms with E-state index in [0.29, 0.717) is 6.10 Å². The summed E-state index contributed by atoms with van der Waals surface area (Å²) in [6.45, 7) is 5.10. The number of hydrogen-bond donors (Lipinski definition) is 1. The van der Waals surface area contributed by atoms with Crippen molar-refractivity contribution < 1.29 is 9.47 Å². The predicted octanol–water partition coefficient (Wildman–Crippen LogP) is 2.09. The van der Waals surface area contributed by atoms with Gasteiger partial charge >= 0.3 is 0 Å². The molecule has 1 aliphatic heterocycles. The molecular formula is C12H25NO2. The molecule has 1 fully saturated rings. The lowest BCUT2D eigenvalue weighted by Crippen LogP contribution is -2.34. The molecule has 2 atom stereocenters. The van der Waals surface area contributed by atoms with Crippen molar-refractivity contribution in [1.82, 2.24) is 0 Å². The molecule has 0 amide bonds. The van der Waals surface area contributed by atoms with E-state index in [1.165, 1.54) is 12.8 Å². The van der Waals surface area contributed by atoms with Crippen molar-refractivity contribution in [2.45, 2.75) is 63.7 Å². The number of methoxy groups -OCH3 is 1. The third kappa shape index (κ3) is 4.96. The van der Waals surface area contributed by atoms with Gasteiger partial charge in [-0.2, -0.15) is 0 Å². The summed E-state index contributed by atoms with van der Waals surface area (Å²) < 4.78 is 10.9. The molecule has 0 radical (unpaired) electrons. The second-order valence-corrected chi connectivity index (χ2v) is 5.14. The summed E-state index contributed by atoms with van der Waals surface area (Å²) in [7, 11) is 1.74. The van der Waals surface area contributed by atoms with Gasteiger partial charge < -0.3 is 15.2 Å². The Hall–Kier alpha value is -0.120. The minimum atomic E-state index is -0.101. The molecule has 0 spiro atoms. The van der Waals surface area contributed by atoms with Crippen LogP contribution in [0.2, 0.25) is 0 Å². The highest BCUT2D eigenvalue weighted by atomic mass is 16.5. The molecule has 0 aromatic carbocycles. The minimum Gasteiger partial charge on any atom is -0.379 e. The van der Waals surface area contributed by atoms with Crippen LogP contribution in [0.4, 0.5) is 0 Å². The molecule has 0 aromatic heterocycles. The third-order valence-corrected chi connectivity index (χ3v) is 3.19. The number of rotatable bonds is 6. The summed E-state index contributed by atoms with van der Waals surface area (Å²) in [5.74, 6) is 0. The Morgan fingerprint density at radius 3 is 2.80 bits per heavy atom. The Morgan fingerprint density at radius 2 is 2.27 bits per heavy atom. The maximum Gasteiger partial charge on any atom is 0.0637 e. The van der Waals surface area contributed by atoms with Crippen molar-refractivity contribution in [3.63, 3.8) is 0 Å². The summed E-state index contributed by atoms with van der Waals surface area (Å²) >= 11 is 0. The van der Waals surface area contributed by atoms with Crippen LogP contribution in [0.3, 0.4) is 0 Å². The Balaban J connectivity index is 2.15. The van der Waals surface area contributed by atoms with Gasteiger partial charge in [-0.15, -0.1) is 0 Å². The second-order valence-electron chi connectivity index (χ2n) is 5.14. The molecule has 0 aliphatic carbocycles. The fourth-order valence-corrected chi connectivity index (χ4v) is 2.09. The first-order chi connectivity index (χ1) is 7.03. The second kappa shape index (κ2) is 5.83. The Labute approximate surface area is 93.3 Å². The van der Waals surface area contributed by atoms with Crippen LogP contribution >= 0.6 is 0 Å². The lowest BCUT2D eigenvalue weighted by atomic mass is 9.95. The van der Waals surface area contributed by atoms with Crippen molar-refractivity contribution >= 4 is 0 Å². The van der Waals surface area contributed by atoms with Gasteiger partial charge in [0.2, 0.25) is 0 Å². The average molecular weight is 215 g/mol. The van der Waals surface area contributed by atoms with Crippen molar-refractivity contribution in [2.24, 2.45) is 5.73 Å². The molecule has 0 saturated carbocycles. The first-order valence-electron chi connectivity index (χ1n) is 5.96. The predicted molar refractivity (Wildman–Crippen MR) is 61.9 cm³/mol. The van der Waals surface area contributed by atoms with E-state index in [0.717, 1.165) is 25.9 Å². The lowest BCUT2D eigenvalue weighted by molar-refractivity contribution is 0.00802. The van der Waals surface area contributed by atoms with E-state index < -0.39 is 0 Å². The molecular weight excluding hydrogens is 190 g/mol. The maximum atomic E-state index is 6.08. The van der Waals surface area contributed by atoms with Gasteiger partial charge in [-0.1, -0.05) is 0 Å². The SMILES string of the molecule is COC(C)(C)CC(N)CCC1CCCO1. The minimum absolute atomic E-state index is 0.101. The summed E-state index contributed by atoms with van der Waals surface area (Å²) in [6, 6.07) is 0.226. The zero-order valence-corrected chi connectivity index (χ0v) is 10.3. The van der Waals surface area contributed by atoms with Crippen molar-refractivity contribution in [2.75, 3.05) is 13.7 Å². The molecule has 1 rings (SSSR count). The van der Waals surface area contributed by atoms with Crippen LogP contribution in [0.25, 0.3) is 0 Å². The quantitative estimate of drug-likeness (QED) is 0.738. The molecule has 0 aromatic rings. The van der Waals surface area contributed by atoms with E-state index in [-0.39, 0.29) is 11.6 Å². The summed E-state index contributed by atoms with van der Waals surface area (Å²) in [5.41, 5.74) is 5.98. The van der Waals surface area contributed by atoms with E-state index >= 15 is 0 Å². The monoisotopic (exact) mass is 215 g/mol. The molecule has 0 bridgehead atoms. The average Bonchev–Trinajstić information content (AvgIpc) is 2.66. The number of hydrogen-bond acceptors (Lipinski definition) is 3. The van der Waals surface area contributed by atoms with Crippen LogP contribution in [-0.4, -0.2) is 31.5 Å². The third-order valence-electron chi connectivity index (χ3n) is 3.19.